The maximum absolute atomic E-state index is 12.7. The second-order valence-electron chi connectivity index (χ2n) is 5.69. The third-order valence-corrected chi connectivity index (χ3v) is 5.58. The van der Waals surface area contributed by atoms with Gasteiger partial charge in [-0.25, -0.2) is 0 Å². The van der Waals surface area contributed by atoms with Gasteiger partial charge >= 0.3 is 0 Å². The van der Waals surface area contributed by atoms with E-state index in [9.17, 15) is 4.79 Å². The van der Waals surface area contributed by atoms with Gasteiger partial charge in [-0.15, -0.1) is 11.3 Å². The molecule has 116 valence electrons. The molecule has 6 heteroatoms. The number of hydrogen-bond donors (Lipinski definition) is 0. The van der Waals surface area contributed by atoms with Gasteiger partial charge in [0, 0.05) is 46.4 Å². The number of fused-ring (bicyclic) bond motifs is 1. The lowest BCUT2D eigenvalue weighted by atomic mass is 10.0. The molecular weight excluding hydrogens is 322 g/mol. The van der Waals surface area contributed by atoms with Crippen LogP contribution in [-0.2, 0) is 9.47 Å². The van der Waals surface area contributed by atoms with E-state index >= 15 is 0 Å². The fourth-order valence-electron chi connectivity index (χ4n) is 3.19. The second-order valence-corrected chi connectivity index (χ2v) is 7.03. The molecule has 1 aromatic heterocycles. The van der Waals surface area contributed by atoms with Crippen LogP contribution in [0.3, 0.4) is 0 Å². The summed E-state index contributed by atoms with van der Waals surface area (Å²) < 4.78 is 12.4. The molecule has 0 saturated carbocycles. The predicted octanol–water partition coefficient (Wildman–Crippen LogP) is 3.26. The van der Waals surface area contributed by atoms with Gasteiger partial charge in [0.2, 0.25) is 5.43 Å². The monoisotopic (exact) mass is 337 g/mol. The van der Waals surface area contributed by atoms with E-state index in [1.165, 1.54) is 0 Å². The third kappa shape index (κ3) is 2.42. The first-order valence-electron chi connectivity index (χ1n) is 7.41. The van der Waals surface area contributed by atoms with Crippen molar-refractivity contribution in [1.82, 2.24) is 0 Å². The van der Waals surface area contributed by atoms with Crippen molar-refractivity contribution in [2.75, 3.05) is 31.2 Å². The smallest absolute Gasteiger partial charge is 0.211 e. The molecule has 2 aliphatic heterocycles. The number of piperidine rings is 1. The van der Waals surface area contributed by atoms with Crippen molar-refractivity contribution in [2.45, 2.75) is 18.6 Å². The topological polar surface area (TPSA) is 38.8 Å². The van der Waals surface area contributed by atoms with E-state index in [4.69, 9.17) is 21.1 Å². The van der Waals surface area contributed by atoms with Crippen LogP contribution in [0.15, 0.2) is 28.4 Å². The standard InChI is InChI=1S/C16H16ClNO3S/c17-11-1-2-14-12(9-11)15(19)13(10-22-14)18-5-3-16(4-6-18)20-7-8-21-16/h1-2,9-10H,3-8H2. The number of hydrogen-bond acceptors (Lipinski definition) is 5. The third-order valence-electron chi connectivity index (χ3n) is 4.40. The summed E-state index contributed by atoms with van der Waals surface area (Å²) in [6.45, 7) is 2.88. The van der Waals surface area contributed by atoms with E-state index in [1.807, 2.05) is 17.5 Å². The Hall–Kier alpha value is -1.14. The van der Waals surface area contributed by atoms with Crippen LogP contribution in [0.5, 0.6) is 0 Å². The zero-order chi connectivity index (χ0) is 15.2. The van der Waals surface area contributed by atoms with Gasteiger partial charge in [0.1, 0.15) is 0 Å². The summed E-state index contributed by atoms with van der Waals surface area (Å²) in [6, 6.07) is 5.48. The van der Waals surface area contributed by atoms with Gasteiger partial charge in [-0.05, 0) is 18.2 Å². The Morgan fingerprint density at radius 2 is 1.91 bits per heavy atom. The van der Waals surface area contributed by atoms with Crippen LogP contribution >= 0.6 is 22.9 Å². The fourth-order valence-corrected chi connectivity index (χ4v) is 4.28. The molecule has 4 nitrogen and oxygen atoms in total. The molecule has 2 fully saturated rings. The summed E-state index contributed by atoms with van der Waals surface area (Å²) in [5.74, 6) is -0.414. The van der Waals surface area contributed by atoms with E-state index in [-0.39, 0.29) is 5.43 Å². The van der Waals surface area contributed by atoms with Crippen LogP contribution < -0.4 is 10.3 Å². The molecule has 2 saturated heterocycles. The summed E-state index contributed by atoms with van der Waals surface area (Å²) in [4.78, 5) is 14.9. The maximum Gasteiger partial charge on any atom is 0.211 e. The molecule has 0 amide bonds. The quantitative estimate of drug-likeness (QED) is 0.800. The van der Waals surface area contributed by atoms with Gasteiger partial charge < -0.3 is 14.4 Å². The summed E-state index contributed by atoms with van der Waals surface area (Å²) in [5.41, 5.74) is 0.813. The van der Waals surface area contributed by atoms with E-state index < -0.39 is 5.79 Å². The first kappa shape index (κ1) is 14.5. The highest BCUT2D eigenvalue weighted by atomic mass is 35.5. The van der Waals surface area contributed by atoms with Crippen molar-refractivity contribution >= 4 is 38.7 Å². The van der Waals surface area contributed by atoms with Crippen LogP contribution in [-0.4, -0.2) is 32.1 Å². The van der Waals surface area contributed by atoms with Crippen molar-refractivity contribution in [3.8, 4) is 0 Å². The lowest BCUT2D eigenvalue weighted by molar-refractivity contribution is -0.169. The molecule has 0 radical (unpaired) electrons. The Morgan fingerprint density at radius 3 is 2.64 bits per heavy atom. The van der Waals surface area contributed by atoms with Crippen LogP contribution in [0.2, 0.25) is 5.02 Å². The van der Waals surface area contributed by atoms with E-state index in [1.54, 1.807) is 17.4 Å². The minimum Gasteiger partial charge on any atom is -0.367 e. The molecule has 1 spiro atoms. The Bertz CT molecular complexity index is 760. The number of ether oxygens (including phenoxy) is 2. The van der Waals surface area contributed by atoms with Gasteiger partial charge in [-0.2, -0.15) is 0 Å². The molecule has 0 N–H and O–H groups in total. The average Bonchev–Trinajstić information content (AvgIpc) is 2.98. The number of halogens is 1. The molecule has 0 unspecified atom stereocenters. The Balaban J connectivity index is 1.64. The first-order valence-corrected chi connectivity index (χ1v) is 8.67. The molecule has 2 aliphatic rings. The van der Waals surface area contributed by atoms with Gasteiger partial charge in [0.05, 0.1) is 18.9 Å². The van der Waals surface area contributed by atoms with Crippen LogP contribution in [0, 0.1) is 0 Å². The van der Waals surface area contributed by atoms with Crippen molar-refractivity contribution in [3.63, 3.8) is 0 Å². The molecule has 4 rings (SSSR count). The van der Waals surface area contributed by atoms with Crippen LogP contribution in [0.4, 0.5) is 5.69 Å². The normalized spacial score (nSPS) is 20.9. The van der Waals surface area contributed by atoms with Crippen molar-refractivity contribution in [3.05, 3.63) is 38.8 Å². The highest BCUT2D eigenvalue weighted by molar-refractivity contribution is 7.16. The lowest BCUT2D eigenvalue weighted by Crippen LogP contribution is -2.46. The van der Waals surface area contributed by atoms with Gasteiger partial charge in [-0.1, -0.05) is 11.6 Å². The Kier molecular flexibility index (Phi) is 3.61. The van der Waals surface area contributed by atoms with Gasteiger partial charge in [0.15, 0.2) is 5.79 Å². The number of nitrogens with zero attached hydrogens (tertiary/aromatic N) is 1. The highest BCUT2D eigenvalue weighted by Crippen LogP contribution is 2.33. The zero-order valence-corrected chi connectivity index (χ0v) is 13.6. The molecule has 2 aromatic rings. The molecular formula is C16H16ClNO3S. The maximum atomic E-state index is 12.7. The predicted molar refractivity (Wildman–Crippen MR) is 89.2 cm³/mol. The Morgan fingerprint density at radius 1 is 1.18 bits per heavy atom. The van der Waals surface area contributed by atoms with Crippen molar-refractivity contribution < 1.29 is 9.47 Å². The van der Waals surface area contributed by atoms with E-state index in [0.717, 1.165) is 36.3 Å². The molecule has 0 atom stereocenters. The van der Waals surface area contributed by atoms with Gasteiger partial charge in [0.25, 0.3) is 0 Å². The summed E-state index contributed by atoms with van der Waals surface area (Å²) in [5, 5.41) is 3.25. The number of benzene rings is 1. The average molecular weight is 338 g/mol. The van der Waals surface area contributed by atoms with E-state index in [0.29, 0.717) is 23.6 Å². The number of rotatable bonds is 1. The summed E-state index contributed by atoms with van der Waals surface area (Å²) in [6.07, 6.45) is 1.59. The molecule has 1 aromatic carbocycles. The highest BCUT2D eigenvalue weighted by Gasteiger charge is 2.40. The number of anilines is 1. The largest absolute Gasteiger partial charge is 0.367 e. The van der Waals surface area contributed by atoms with Crippen LogP contribution in [0.1, 0.15) is 12.8 Å². The molecule has 0 aliphatic carbocycles. The first-order chi connectivity index (χ1) is 10.7. The minimum atomic E-state index is -0.414. The SMILES string of the molecule is O=c1c(N2CCC3(CC2)OCCO3)csc2ccc(Cl)cc12. The Labute approximate surface area is 137 Å². The fraction of sp³-hybridized carbons (Fsp3) is 0.438. The zero-order valence-electron chi connectivity index (χ0n) is 12.0. The van der Waals surface area contributed by atoms with Crippen LogP contribution in [0.25, 0.3) is 10.1 Å². The van der Waals surface area contributed by atoms with Crippen molar-refractivity contribution in [2.24, 2.45) is 0 Å². The second kappa shape index (κ2) is 5.49. The summed E-state index contributed by atoms with van der Waals surface area (Å²) >= 11 is 7.61. The minimum absolute atomic E-state index is 0.0560. The molecule has 3 heterocycles. The lowest BCUT2D eigenvalue weighted by Gasteiger charge is -2.38. The van der Waals surface area contributed by atoms with Crippen molar-refractivity contribution in [1.29, 1.82) is 0 Å². The molecule has 0 bridgehead atoms. The van der Waals surface area contributed by atoms with Gasteiger partial charge in [-0.3, -0.25) is 4.79 Å². The molecule has 22 heavy (non-hydrogen) atoms. The summed E-state index contributed by atoms with van der Waals surface area (Å²) in [7, 11) is 0. The van der Waals surface area contributed by atoms with E-state index in [2.05, 4.69) is 4.90 Å².